The quantitative estimate of drug-likeness (QED) is 0.660. The van der Waals surface area contributed by atoms with Gasteiger partial charge in [0.15, 0.2) is 0 Å². The Balaban J connectivity index is 2.88. The van der Waals surface area contributed by atoms with Gasteiger partial charge < -0.3 is 0 Å². The van der Waals surface area contributed by atoms with Gasteiger partial charge in [-0.25, -0.2) is 0 Å². The van der Waals surface area contributed by atoms with E-state index >= 15 is 0 Å². The molecule has 78 valence electrons. The molecule has 0 aromatic heterocycles. The molecule has 1 saturated heterocycles. The molecule has 0 bridgehead atoms. The van der Waals surface area contributed by atoms with Crippen molar-refractivity contribution < 1.29 is 4.84 Å². The van der Waals surface area contributed by atoms with E-state index in [9.17, 15) is 0 Å². The molecule has 0 spiro atoms. The molecule has 0 N–H and O–H groups in total. The van der Waals surface area contributed by atoms with Crippen molar-refractivity contribution in [3.63, 3.8) is 0 Å². The Bertz CT molecular complexity index is 173. The van der Waals surface area contributed by atoms with Crippen molar-refractivity contribution in [3.8, 4) is 0 Å². The van der Waals surface area contributed by atoms with Crippen LogP contribution in [0.5, 0.6) is 0 Å². The number of hydrogen-bond acceptors (Lipinski definition) is 2. The Kier molecular flexibility index (Phi) is 3.14. The minimum absolute atomic E-state index is 0.131. The van der Waals surface area contributed by atoms with Gasteiger partial charge in [0.1, 0.15) is 0 Å². The van der Waals surface area contributed by atoms with Crippen LogP contribution >= 0.6 is 0 Å². The molecular weight excluding hydrogens is 229 g/mol. The van der Waals surface area contributed by atoms with E-state index in [1.165, 1.54) is 0 Å². The molecule has 2 nitrogen and oxygen atoms in total. The van der Waals surface area contributed by atoms with Gasteiger partial charge in [0.05, 0.1) is 0 Å². The fourth-order valence-corrected chi connectivity index (χ4v) is 4.38. The van der Waals surface area contributed by atoms with E-state index in [-0.39, 0.29) is 11.1 Å². The molecule has 13 heavy (non-hydrogen) atoms. The van der Waals surface area contributed by atoms with Crippen LogP contribution in [0.2, 0.25) is 4.82 Å². The van der Waals surface area contributed by atoms with Crippen LogP contribution in [-0.4, -0.2) is 39.3 Å². The van der Waals surface area contributed by atoms with Crippen LogP contribution in [0, 0.1) is 0 Å². The third-order valence-electron chi connectivity index (χ3n) is 2.74. The fraction of sp³-hybridized carbons (Fsp3) is 1.00. The van der Waals surface area contributed by atoms with Crippen LogP contribution in [0.3, 0.4) is 0 Å². The first-order valence-electron chi connectivity index (χ1n) is 4.80. The maximum atomic E-state index is 5.49. The van der Waals surface area contributed by atoms with Crippen LogP contribution in [0.1, 0.15) is 40.5 Å². The van der Waals surface area contributed by atoms with Crippen molar-refractivity contribution in [1.82, 2.24) is 5.06 Å². The zero-order chi connectivity index (χ0) is 10.3. The van der Waals surface area contributed by atoms with Crippen LogP contribution in [-0.2, 0) is 4.84 Å². The molecule has 0 atom stereocenters. The van der Waals surface area contributed by atoms with E-state index in [2.05, 4.69) is 48.8 Å². The molecule has 1 aliphatic heterocycles. The first kappa shape index (κ1) is 11.5. The number of hydrogen-bond donors (Lipinski definition) is 0. The summed E-state index contributed by atoms with van der Waals surface area (Å²) in [6, 6.07) is 0. The van der Waals surface area contributed by atoms with Crippen LogP contribution in [0.4, 0.5) is 0 Å². The third-order valence-corrected chi connectivity index (χ3v) is 3.44. The van der Waals surface area contributed by atoms with Gasteiger partial charge in [-0.05, 0) is 0 Å². The van der Waals surface area contributed by atoms with Gasteiger partial charge in [-0.15, -0.1) is 0 Å². The third kappa shape index (κ3) is 2.27. The van der Waals surface area contributed by atoms with Gasteiger partial charge in [-0.3, -0.25) is 0 Å². The molecule has 1 fully saturated rings. The number of nitrogens with zero attached hydrogens (tertiary/aromatic N) is 1. The van der Waals surface area contributed by atoms with Crippen LogP contribution < -0.4 is 0 Å². The second-order valence-corrected chi connectivity index (χ2v) is 6.53. The van der Waals surface area contributed by atoms with Crippen molar-refractivity contribution >= 4 is 16.0 Å². The molecule has 0 amide bonds. The Labute approximate surface area is 89.8 Å². The molecule has 3 heteroatoms. The van der Waals surface area contributed by atoms with Crippen molar-refractivity contribution in [2.24, 2.45) is 0 Å². The summed E-state index contributed by atoms with van der Waals surface area (Å²) in [7, 11) is 1.77. The molecule has 1 heterocycles. The summed E-state index contributed by atoms with van der Waals surface area (Å²) >= 11 is 3.25. The Morgan fingerprint density at radius 3 is 1.85 bits per heavy atom. The zero-order valence-corrected chi connectivity index (χ0v) is 11.0. The predicted molar refractivity (Wildman–Crippen MR) is 55.7 cm³/mol. The van der Waals surface area contributed by atoms with Gasteiger partial charge in [0.25, 0.3) is 0 Å². The molecule has 0 unspecified atom stereocenters. The SMILES string of the molecule is CON1C(C)(C)CC([Se-])CC1(C)C. The molecule has 0 radical (unpaired) electrons. The predicted octanol–water partition coefficient (Wildman–Crippen LogP) is 2.16. The van der Waals surface area contributed by atoms with E-state index in [1.54, 1.807) is 7.11 Å². The summed E-state index contributed by atoms with van der Waals surface area (Å²) < 4.78 is 0. The van der Waals surface area contributed by atoms with Crippen molar-refractivity contribution in [1.29, 1.82) is 0 Å². The minimum atomic E-state index is 0.131. The van der Waals surface area contributed by atoms with E-state index in [1.807, 2.05) is 0 Å². The Hall–Kier alpha value is 0.439. The average Bonchev–Trinajstić information content (AvgIpc) is 1.79. The van der Waals surface area contributed by atoms with E-state index < -0.39 is 0 Å². The van der Waals surface area contributed by atoms with Crippen molar-refractivity contribution in [3.05, 3.63) is 0 Å². The Morgan fingerprint density at radius 1 is 1.15 bits per heavy atom. The van der Waals surface area contributed by atoms with Crippen LogP contribution in [0.15, 0.2) is 0 Å². The molecule has 1 aliphatic rings. The Morgan fingerprint density at radius 2 is 1.54 bits per heavy atom. The standard InChI is InChI=1S/C10H21NOSe/c1-9(2)6-8(13)7-10(3,4)11(9)12-5/h8,13H,6-7H2,1-5H3/p-1. The van der Waals surface area contributed by atoms with Gasteiger partial charge in [-0.1, -0.05) is 0 Å². The zero-order valence-electron chi connectivity index (χ0n) is 9.26. The maximum absolute atomic E-state index is 5.49. The number of rotatable bonds is 1. The van der Waals surface area contributed by atoms with Crippen molar-refractivity contribution in [2.75, 3.05) is 7.11 Å². The second-order valence-electron chi connectivity index (χ2n) is 5.13. The van der Waals surface area contributed by atoms with Gasteiger partial charge in [-0.2, -0.15) is 0 Å². The molecule has 0 saturated carbocycles. The number of piperidine rings is 1. The van der Waals surface area contributed by atoms with Gasteiger partial charge in [0.2, 0.25) is 0 Å². The normalized spacial score (nSPS) is 29.1. The molecule has 1 rings (SSSR count). The monoisotopic (exact) mass is 250 g/mol. The van der Waals surface area contributed by atoms with Gasteiger partial charge in [0, 0.05) is 0 Å². The summed E-state index contributed by atoms with van der Waals surface area (Å²) in [4.78, 5) is 6.15. The average molecular weight is 249 g/mol. The molecule has 0 aliphatic carbocycles. The molecule has 0 aromatic carbocycles. The summed E-state index contributed by atoms with van der Waals surface area (Å²) in [5.41, 5.74) is 0.263. The summed E-state index contributed by atoms with van der Waals surface area (Å²) in [6.45, 7) is 8.95. The van der Waals surface area contributed by atoms with Gasteiger partial charge >= 0.3 is 89.5 Å². The first-order chi connectivity index (χ1) is 5.79. The first-order valence-corrected chi connectivity index (χ1v) is 5.79. The van der Waals surface area contributed by atoms with Crippen molar-refractivity contribution in [2.45, 2.75) is 56.4 Å². The molecular formula is C10H20NOSe-. The second kappa shape index (κ2) is 3.54. The van der Waals surface area contributed by atoms with E-state index in [0.29, 0.717) is 4.82 Å². The van der Waals surface area contributed by atoms with E-state index in [4.69, 9.17) is 4.84 Å². The van der Waals surface area contributed by atoms with E-state index in [0.717, 1.165) is 12.8 Å². The van der Waals surface area contributed by atoms with Crippen LogP contribution in [0.25, 0.3) is 0 Å². The topological polar surface area (TPSA) is 12.5 Å². The summed E-state index contributed by atoms with van der Waals surface area (Å²) in [5.74, 6) is 0. The fourth-order valence-electron chi connectivity index (χ4n) is 2.67. The summed E-state index contributed by atoms with van der Waals surface area (Å²) in [6.07, 6.45) is 2.31. The molecule has 0 aromatic rings. The number of hydroxylamine groups is 2. The summed E-state index contributed by atoms with van der Waals surface area (Å²) in [5, 5.41) is 2.13.